The van der Waals surface area contributed by atoms with Crippen molar-refractivity contribution in [3.05, 3.63) is 39.3 Å². The second kappa shape index (κ2) is 5.08. The van der Waals surface area contributed by atoms with Gasteiger partial charge in [0.25, 0.3) is 0 Å². The first kappa shape index (κ1) is 11.8. The van der Waals surface area contributed by atoms with E-state index in [4.69, 9.17) is 5.11 Å². The van der Waals surface area contributed by atoms with Crippen molar-refractivity contribution in [2.24, 2.45) is 0 Å². The number of nitrogens with zero attached hydrogens (tertiary/aromatic N) is 1. The number of thiazole rings is 1. The summed E-state index contributed by atoms with van der Waals surface area (Å²) in [7, 11) is 0. The number of halogens is 1. The molecule has 0 bridgehead atoms. The number of aromatic nitrogens is 1. The van der Waals surface area contributed by atoms with E-state index in [1.54, 1.807) is 11.3 Å². The third-order valence-corrected chi connectivity index (χ3v) is 4.37. The molecule has 0 saturated carbocycles. The molecule has 0 aliphatic heterocycles. The van der Waals surface area contributed by atoms with E-state index in [0.29, 0.717) is 6.42 Å². The highest BCUT2D eigenvalue weighted by Crippen LogP contribution is 2.31. The number of benzene rings is 1. The van der Waals surface area contributed by atoms with E-state index >= 15 is 0 Å². The summed E-state index contributed by atoms with van der Waals surface area (Å²) in [5.74, 6) is 0. The molecule has 0 saturated heterocycles. The Hall–Kier alpha value is -0.710. The normalized spacial score (nSPS) is 10.7. The zero-order chi connectivity index (χ0) is 11.5. The zero-order valence-electron chi connectivity index (χ0n) is 8.90. The Labute approximate surface area is 107 Å². The maximum Gasteiger partial charge on any atom is 0.124 e. The van der Waals surface area contributed by atoms with Gasteiger partial charge in [0.15, 0.2) is 0 Å². The minimum absolute atomic E-state index is 0.161. The molecule has 2 rings (SSSR count). The Balaban J connectivity index is 2.33. The average Bonchev–Trinajstić information content (AvgIpc) is 2.62. The first-order chi connectivity index (χ1) is 7.70. The standard InChI is InChI=1S/C12H12BrNOS/c1-8-2-4-9(5-3-8)12-14-11(13)10(16-12)6-7-15/h2-5,15H,6-7H2,1H3. The summed E-state index contributed by atoms with van der Waals surface area (Å²) in [6, 6.07) is 8.30. The first-order valence-corrected chi connectivity index (χ1v) is 6.65. The van der Waals surface area contributed by atoms with E-state index in [-0.39, 0.29) is 6.61 Å². The summed E-state index contributed by atoms with van der Waals surface area (Å²) in [5.41, 5.74) is 2.37. The summed E-state index contributed by atoms with van der Waals surface area (Å²) in [6.07, 6.45) is 0.657. The van der Waals surface area contributed by atoms with Crippen LogP contribution in [-0.2, 0) is 6.42 Å². The van der Waals surface area contributed by atoms with E-state index in [9.17, 15) is 0 Å². The minimum atomic E-state index is 0.161. The molecule has 84 valence electrons. The summed E-state index contributed by atoms with van der Waals surface area (Å²) in [5, 5.41) is 9.91. The summed E-state index contributed by atoms with van der Waals surface area (Å²) in [4.78, 5) is 5.55. The molecular formula is C12H12BrNOS. The summed E-state index contributed by atoms with van der Waals surface area (Å²) in [6.45, 7) is 2.23. The fourth-order valence-corrected chi connectivity index (χ4v) is 3.09. The van der Waals surface area contributed by atoms with Crippen molar-refractivity contribution in [1.82, 2.24) is 4.98 Å². The van der Waals surface area contributed by atoms with Crippen LogP contribution in [0.2, 0.25) is 0 Å². The van der Waals surface area contributed by atoms with Gasteiger partial charge in [0, 0.05) is 23.5 Å². The van der Waals surface area contributed by atoms with Crippen LogP contribution < -0.4 is 0 Å². The van der Waals surface area contributed by atoms with Crippen LogP contribution in [0.1, 0.15) is 10.4 Å². The third-order valence-electron chi connectivity index (χ3n) is 2.29. The number of aryl methyl sites for hydroxylation is 1. The average molecular weight is 298 g/mol. The van der Waals surface area contributed by atoms with Crippen molar-refractivity contribution in [2.75, 3.05) is 6.61 Å². The van der Waals surface area contributed by atoms with E-state index in [2.05, 4.69) is 52.1 Å². The SMILES string of the molecule is Cc1ccc(-c2nc(Br)c(CCO)s2)cc1. The minimum Gasteiger partial charge on any atom is -0.396 e. The van der Waals surface area contributed by atoms with Gasteiger partial charge in [-0.05, 0) is 22.9 Å². The predicted octanol–water partition coefficient (Wildman–Crippen LogP) is 3.42. The number of aliphatic hydroxyl groups excluding tert-OH is 1. The first-order valence-electron chi connectivity index (χ1n) is 5.04. The molecule has 0 amide bonds. The van der Waals surface area contributed by atoms with Crippen molar-refractivity contribution in [1.29, 1.82) is 0 Å². The molecule has 1 heterocycles. The maximum atomic E-state index is 8.92. The molecule has 2 nitrogen and oxygen atoms in total. The Morgan fingerprint density at radius 2 is 2.00 bits per heavy atom. The van der Waals surface area contributed by atoms with E-state index < -0.39 is 0 Å². The van der Waals surface area contributed by atoms with Gasteiger partial charge < -0.3 is 5.11 Å². The monoisotopic (exact) mass is 297 g/mol. The van der Waals surface area contributed by atoms with Crippen LogP contribution >= 0.6 is 27.3 Å². The molecule has 1 N–H and O–H groups in total. The van der Waals surface area contributed by atoms with Crippen LogP contribution in [-0.4, -0.2) is 16.7 Å². The quantitative estimate of drug-likeness (QED) is 0.942. The van der Waals surface area contributed by atoms with Crippen LogP contribution in [0, 0.1) is 6.92 Å². The second-order valence-corrected chi connectivity index (χ2v) is 5.41. The fourth-order valence-electron chi connectivity index (χ4n) is 1.41. The number of rotatable bonds is 3. The van der Waals surface area contributed by atoms with E-state index in [0.717, 1.165) is 20.1 Å². The molecule has 0 fully saturated rings. The molecule has 0 aliphatic rings. The van der Waals surface area contributed by atoms with Gasteiger partial charge in [-0.25, -0.2) is 4.98 Å². The molecule has 4 heteroatoms. The molecule has 0 aliphatic carbocycles. The fraction of sp³-hybridized carbons (Fsp3) is 0.250. The highest BCUT2D eigenvalue weighted by atomic mass is 79.9. The smallest absolute Gasteiger partial charge is 0.124 e. The van der Waals surface area contributed by atoms with Gasteiger partial charge in [-0.15, -0.1) is 11.3 Å². The molecule has 0 unspecified atom stereocenters. The van der Waals surface area contributed by atoms with E-state index in [1.807, 2.05) is 0 Å². The highest BCUT2D eigenvalue weighted by molar-refractivity contribution is 9.10. The Bertz CT molecular complexity index is 478. The maximum absolute atomic E-state index is 8.92. The lowest BCUT2D eigenvalue weighted by atomic mass is 10.2. The lowest BCUT2D eigenvalue weighted by Crippen LogP contribution is -1.86. The van der Waals surface area contributed by atoms with Gasteiger partial charge in [-0.2, -0.15) is 0 Å². The van der Waals surface area contributed by atoms with Crippen LogP contribution in [0.4, 0.5) is 0 Å². The van der Waals surface area contributed by atoms with Crippen molar-refractivity contribution >= 4 is 27.3 Å². The third kappa shape index (κ3) is 2.51. The second-order valence-electron chi connectivity index (χ2n) is 3.57. The van der Waals surface area contributed by atoms with Crippen molar-refractivity contribution < 1.29 is 5.11 Å². The molecule has 1 aromatic carbocycles. The molecule has 16 heavy (non-hydrogen) atoms. The number of hydrogen-bond donors (Lipinski definition) is 1. The van der Waals surface area contributed by atoms with Crippen molar-refractivity contribution in [3.8, 4) is 10.6 Å². The molecule has 0 radical (unpaired) electrons. The lowest BCUT2D eigenvalue weighted by Gasteiger charge is -1.96. The van der Waals surface area contributed by atoms with Crippen LogP contribution in [0.3, 0.4) is 0 Å². The zero-order valence-corrected chi connectivity index (χ0v) is 11.3. The molecule has 2 aromatic rings. The van der Waals surface area contributed by atoms with Crippen LogP contribution in [0.15, 0.2) is 28.9 Å². The van der Waals surface area contributed by atoms with Gasteiger partial charge in [0.2, 0.25) is 0 Å². The number of hydrogen-bond acceptors (Lipinski definition) is 3. The van der Waals surface area contributed by atoms with Gasteiger partial charge >= 0.3 is 0 Å². The lowest BCUT2D eigenvalue weighted by molar-refractivity contribution is 0.300. The van der Waals surface area contributed by atoms with Gasteiger partial charge in [-0.1, -0.05) is 29.8 Å². The number of aliphatic hydroxyl groups is 1. The largest absolute Gasteiger partial charge is 0.396 e. The summed E-state index contributed by atoms with van der Waals surface area (Å²) >= 11 is 5.04. The van der Waals surface area contributed by atoms with Crippen molar-refractivity contribution in [3.63, 3.8) is 0 Å². The molecular weight excluding hydrogens is 286 g/mol. The Morgan fingerprint density at radius 3 is 2.62 bits per heavy atom. The Kier molecular flexibility index (Phi) is 3.74. The molecule has 1 aromatic heterocycles. The van der Waals surface area contributed by atoms with Crippen LogP contribution in [0.5, 0.6) is 0 Å². The summed E-state index contributed by atoms with van der Waals surface area (Å²) < 4.78 is 0.849. The van der Waals surface area contributed by atoms with Crippen LogP contribution in [0.25, 0.3) is 10.6 Å². The molecule has 0 atom stereocenters. The van der Waals surface area contributed by atoms with Gasteiger partial charge in [0.05, 0.1) is 0 Å². The van der Waals surface area contributed by atoms with Gasteiger partial charge in [-0.3, -0.25) is 0 Å². The highest BCUT2D eigenvalue weighted by Gasteiger charge is 2.09. The predicted molar refractivity (Wildman–Crippen MR) is 70.8 cm³/mol. The molecule has 0 spiro atoms. The van der Waals surface area contributed by atoms with Crippen molar-refractivity contribution in [2.45, 2.75) is 13.3 Å². The van der Waals surface area contributed by atoms with E-state index in [1.165, 1.54) is 5.56 Å². The Morgan fingerprint density at radius 1 is 1.31 bits per heavy atom. The van der Waals surface area contributed by atoms with Gasteiger partial charge in [0.1, 0.15) is 9.61 Å². The topological polar surface area (TPSA) is 33.1 Å².